The number of nitrogens with one attached hydrogen (secondary N) is 1. The van der Waals surface area contributed by atoms with Gasteiger partial charge in [-0.3, -0.25) is 14.2 Å². The van der Waals surface area contributed by atoms with Gasteiger partial charge in [0.05, 0.1) is 6.33 Å². The van der Waals surface area contributed by atoms with Crippen LogP contribution in [0.2, 0.25) is 0 Å². The van der Waals surface area contributed by atoms with Gasteiger partial charge >= 0.3 is 5.97 Å². The molecule has 0 aliphatic carbocycles. The van der Waals surface area contributed by atoms with Crippen molar-refractivity contribution < 1.29 is 14.3 Å². The van der Waals surface area contributed by atoms with Crippen molar-refractivity contribution in [2.75, 3.05) is 0 Å². The Labute approximate surface area is 105 Å². The van der Waals surface area contributed by atoms with Crippen molar-refractivity contribution in [3.05, 3.63) is 40.7 Å². The van der Waals surface area contributed by atoms with Crippen molar-refractivity contribution in [1.82, 2.24) is 14.5 Å². The molecule has 1 aromatic carbocycles. The molecule has 96 valence electrons. The Morgan fingerprint density at radius 2 is 2.26 bits per heavy atom. The van der Waals surface area contributed by atoms with E-state index in [1.165, 1.54) is 18.2 Å². The summed E-state index contributed by atoms with van der Waals surface area (Å²) in [6, 6.07) is 4.06. The first-order valence-corrected chi connectivity index (χ1v) is 5.44. The van der Waals surface area contributed by atoms with E-state index in [0.717, 1.165) is 10.9 Å². The van der Waals surface area contributed by atoms with Gasteiger partial charge in [-0.15, -0.1) is 0 Å². The fourth-order valence-electron chi connectivity index (χ4n) is 2.02. The summed E-state index contributed by atoms with van der Waals surface area (Å²) in [5.74, 6) is -1.56. The highest BCUT2D eigenvalue weighted by Gasteiger charge is 2.12. The molecule has 3 rings (SSSR count). The minimum absolute atomic E-state index is 0.171. The zero-order chi connectivity index (χ0) is 13.6. The number of aromatic nitrogens is 3. The molecule has 19 heavy (non-hydrogen) atoms. The Bertz CT molecular complexity index is 866. The van der Waals surface area contributed by atoms with E-state index in [9.17, 15) is 14.0 Å². The largest absolute Gasteiger partial charge is 0.480 e. The lowest BCUT2D eigenvalue weighted by molar-refractivity contribution is -0.137. The van der Waals surface area contributed by atoms with Gasteiger partial charge in [0.15, 0.2) is 0 Å². The number of carboxylic acid groups (broad SMARTS) is 1. The summed E-state index contributed by atoms with van der Waals surface area (Å²) < 4.78 is 14.2. The molecule has 0 radical (unpaired) electrons. The molecular weight excluding hydrogens is 253 g/mol. The SMILES string of the molecule is O=C(O)Cn1cnc2c([nH]c3ccc(F)cc32)c1=O. The molecule has 2 aromatic heterocycles. The number of benzene rings is 1. The van der Waals surface area contributed by atoms with Gasteiger partial charge in [-0.1, -0.05) is 0 Å². The van der Waals surface area contributed by atoms with E-state index in [0.29, 0.717) is 16.4 Å². The highest BCUT2D eigenvalue weighted by molar-refractivity contribution is 6.04. The number of aliphatic carboxylic acids is 1. The van der Waals surface area contributed by atoms with Crippen molar-refractivity contribution in [1.29, 1.82) is 0 Å². The summed E-state index contributed by atoms with van der Waals surface area (Å²) in [5, 5.41) is 9.19. The van der Waals surface area contributed by atoms with Gasteiger partial charge in [-0.2, -0.15) is 0 Å². The second kappa shape index (κ2) is 3.91. The fraction of sp³-hybridized carbons (Fsp3) is 0.0833. The Morgan fingerprint density at radius 3 is 3.00 bits per heavy atom. The van der Waals surface area contributed by atoms with Crippen molar-refractivity contribution in [2.24, 2.45) is 0 Å². The monoisotopic (exact) mass is 261 g/mol. The average Bonchev–Trinajstić information content (AvgIpc) is 2.71. The lowest BCUT2D eigenvalue weighted by atomic mass is 10.2. The molecule has 0 saturated heterocycles. The molecule has 0 bridgehead atoms. The Balaban J connectivity index is 2.35. The lowest BCUT2D eigenvalue weighted by Crippen LogP contribution is -2.24. The maximum Gasteiger partial charge on any atom is 0.323 e. The molecule has 0 fully saturated rings. The third kappa shape index (κ3) is 1.75. The molecule has 0 spiro atoms. The van der Waals surface area contributed by atoms with E-state index in [2.05, 4.69) is 9.97 Å². The molecular formula is C12H8FN3O3. The molecule has 3 aromatic rings. The summed E-state index contributed by atoms with van der Waals surface area (Å²) in [7, 11) is 0. The van der Waals surface area contributed by atoms with E-state index in [-0.39, 0.29) is 5.52 Å². The number of nitrogens with zero attached hydrogens (tertiary/aromatic N) is 2. The number of carbonyl (C=O) groups is 1. The highest BCUT2D eigenvalue weighted by atomic mass is 19.1. The van der Waals surface area contributed by atoms with Gasteiger partial charge in [0.25, 0.3) is 5.56 Å². The number of hydrogen-bond donors (Lipinski definition) is 2. The molecule has 2 N–H and O–H groups in total. The maximum absolute atomic E-state index is 13.2. The van der Waals surface area contributed by atoms with E-state index < -0.39 is 23.9 Å². The molecule has 0 atom stereocenters. The van der Waals surface area contributed by atoms with Crippen LogP contribution in [0, 0.1) is 5.82 Å². The highest BCUT2D eigenvalue weighted by Crippen LogP contribution is 2.21. The minimum atomic E-state index is -1.13. The number of fused-ring (bicyclic) bond motifs is 3. The summed E-state index contributed by atoms with van der Waals surface area (Å²) in [4.78, 5) is 29.5. The van der Waals surface area contributed by atoms with E-state index in [4.69, 9.17) is 5.11 Å². The summed E-state index contributed by atoms with van der Waals surface area (Å²) >= 11 is 0. The number of hydrogen-bond acceptors (Lipinski definition) is 3. The van der Waals surface area contributed by atoms with Crippen LogP contribution in [-0.2, 0) is 11.3 Å². The van der Waals surface area contributed by atoms with Gasteiger partial charge in [-0.25, -0.2) is 9.37 Å². The number of carboxylic acids is 1. The second-order valence-corrected chi connectivity index (χ2v) is 4.11. The quantitative estimate of drug-likeness (QED) is 0.723. The smallest absolute Gasteiger partial charge is 0.323 e. The third-order valence-electron chi connectivity index (χ3n) is 2.84. The predicted octanol–water partition coefficient (Wildman–Crippen LogP) is 1.10. The number of H-pyrrole nitrogens is 1. The molecule has 0 amide bonds. The van der Waals surface area contributed by atoms with Gasteiger partial charge in [0.2, 0.25) is 0 Å². The fourth-order valence-corrected chi connectivity index (χ4v) is 2.02. The Hall–Kier alpha value is -2.70. The van der Waals surface area contributed by atoms with Gasteiger partial charge in [-0.05, 0) is 18.2 Å². The predicted molar refractivity (Wildman–Crippen MR) is 65.5 cm³/mol. The third-order valence-corrected chi connectivity index (χ3v) is 2.84. The van der Waals surface area contributed by atoms with E-state index in [1.807, 2.05) is 0 Å². The zero-order valence-corrected chi connectivity index (χ0v) is 9.55. The van der Waals surface area contributed by atoms with Crippen molar-refractivity contribution in [3.63, 3.8) is 0 Å². The van der Waals surface area contributed by atoms with Gasteiger partial charge < -0.3 is 10.1 Å². The molecule has 2 heterocycles. The van der Waals surface area contributed by atoms with Crippen LogP contribution in [0.1, 0.15) is 0 Å². The maximum atomic E-state index is 13.2. The molecule has 6 nitrogen and oxygen atoms in total. The normalized spacial score (nSPS) is 11.2. The van der Waals surface area contributed by atoms with Gasteiger partial charge in [0, 0.05) is 10.9 Å². The number of halogens is 1. The number of rotatable bonds is 2. The summed E-state index contributed by atoms with van der Waals surface area (Å²) in [6.07, 6.45) is 1.15. The topological polar surface area (TPSA) is 88.0 Å². The van der Waals surface area contributed by atoms with Crippen molar-refractivity contribution in [3.8, 4) is 0 Å². The van der Waals surface area contributed by atoms with E-state index in [1.54, 1.807) is 0 Å². The van der Waals surface area contributed by atoms with Crippen LogP contribution in [0.25, 0.3) is 21.9 Å². The summed E-state index contributed by atoms with van der Waals surface area (Å²) in [5.41, 5.74) is 0.587. The van der Waals surface area contributed by atoms with Crippen LogP contribution in [-0.4, -0.2) is 25.6 Å². The van der Waals surface area contributed by atoms with Crippen LogP contribution in [0.4, 0.5) is 4.39 Å². The standard InChI is InChI=1S/C12H8FN3O3/c13-6-1-2-8-7(3-6)10-11(15-8)12(19)16(5-14-10)4-9(17)18/h1-3,5,15H,4H2,(H,17,18). The van der Waals surface area contributed by atoms with Crippen LogP contribution >= 0.6 is 0 Å². The molecule has 7 heteroatoms. The first-order valence-electron chi connectivity index (χ1n) is 5.44. The van der Waals surface area contributed by atoms with Crippen molar-refractivity contribution >= 4 is 27.9 Å². The Kier molecular flexibility index (Phi) is 2.34. The van der Waals surface area contributed by atoms with Gasteiger partial charge in [0.1, 0.15) is 23.4 Å². The van der Waals surface area contributed by atoms with Crippen LogP contribution in [0.5, 0.6) is 0 Å². The summed E-state index contributed by atoms with van der Waals surface area (Å²) in [6.45, 7) is -0.467. The first-order chi connectivity index (χ1) is 9.06. The molecule has 0 aliphatic rings. The molecule has 0 saturated carbocycles. The number of aromatic amines is 1. The van der Waals surface area contributed by atoms with Crippen LogP contribution < -0.4 is 5.56 Å². The van der Waals surface area contributed by atoms with Crippen molar-refractivity contribution in [2.45, 2.75) is 6.54 Å². The second-order valence-electron chi connectivity index (χ2n) is 4.11. The lowest BCUT2D eigenvalue weighted by Gasteiger charge is -2.00. The molecule has 0 unspecified atom stereocenters. The first kappa shape index (κ1) is 11.4. The van der Waals surface area contributed by atoms with Crippen LogP contribution in [0.15, 0.2) is 29.3 Å². The Morgan fingerprint density at radius 1 is 1.47 bits per heavy atom. The molecule has 0 aliphatic heterocycles. The zero-order valence-electron chi connectivity index (χ0n) is 9.55. The average molecular weight is 261 g/mol. The van der Waals surface area contributed by atoms with Crippen LogP contribution in [0.3, 0.4) is 0 Å². The van der Waals surface area contributed by atoms with E-state index >= 15 is 0 Å². The minimum Gasteiger partial charge on any atom is -0.480 e.